The maximum Gasteiger partial charge on any atom is 0.128 e. The SMILES string of the molecule is CC(C)(C)c1cc(C=N[C@H]2CCCC[C@@H]2N=Cc2cc(C(C)(C)C)cc(C(C)(C)C)c2O)c(O)c(C(C)(C)C)c1.O.[Ac].[Co]. The molecular formula is C36H56AcCoN2O3. The minimum atomic E-state index is -0.179. The predicted molar refractivity (Wildman–Crippen MR) is 176 cm³/mol. The second-order valence-corrected chi connectivity index (χ2v) is 15.9. The fraction of sp³-hybridized carbons (Fsp3) is 0.611. The van der Waals surface area contributed by atoms with E-state index in [0.717, 1.165) is 47.9 Å². The van der Waals surface area contributed by atoms with Gasteiger partial charge in [-0.3, -0.25) is 9.98 Å². The molecule has 0 aromatic heterocycles. The van der Waals surface area contributed by atoms with Crippen LogP contribution in [0.15, 0.2) is 34.3 Å². The molecule has 0 heterocycles. The summed E-state index contributed by atoms with van der Waals surface area (Å²) >= 11 is 0. The number of hydrogen-bond acceptors (Lipinski definition) is 4. The maximum absolute atomic E-state index is 11.2. The Morgan fingerprint density at radius 3 is 1.14 bits per heavy atom. The van der Waals surface area contributed by atoms with Gasteiger partial charge in [-0.15, -0.1) is 0 Å². The van der Waals surface area contributed by atoms with E-state index in [9.17, 15) is 10.2 Å². The Kier molecular flexibility index (Phi) is 15.5. The number of hydrogen-bond donors (Lipinski definition) is 2. The van der Waals surface area contributed by atoms with Crippen LogP contribution in [0.1, 0.15) is 142 Å². The number of aliphatic imine (C=N–C) groups is 2. The molecule has 5 nitrogen and oxygen atoms in total. The summed E-state index contributed by atoms with van der Waals surface area (Å²) in [7, 11) is 0. The second kappa shape index (κ2) is 15.7. The smallest absolute Gasteiger partial charge is 0.128 e. The Bertz CT molecular complexity index is 1180. The first kappa shape index (κ1) is 42.3. The van der Waals surface area contributed by atoms with E-state index in [1.54, 1.807) is 0 Å². The van der Waals surface area contributed by atoms with E-state index in [4.69, 9.17) is 9.98 Å². The van der Waals surface area contributed by atoms with Gasteiger partial charge in [0.2, 0.25) is 0 Å². The number of phenols is 2. The summed E-state index contributed by atoms with van der Waals surface area (Å²) in [5, 5.41) is 22.5. The quantitative estimate of drug-likeness (QED) is 0.303. The summed E-state index contributed by atoms with van der Waals surface area (Å²) < 4.78 is 0. The number of phenolic OH excluding ortho intramolecular Hbond substituents is 2. The van der Waals surface area contributed by atoms with Gasteiger partial charge in [0.05, 0.1) is 12.1 Å². The van der Waals surface area contributed by atoms with E-state index in [1.807, 2.05) is 12.4 Å². The average Bonchev–Trinajstić information content (AvgIpc) is 2.80. The molecule has 0 amide bonds. The first-order valence-corrected chi connectivity index (χ1v) is 15.0. The molecule has 3 rings (SSSR count). The molecule has 1 fully saturated rings. The predicted octanol–water partition coefficient (Wildman–Crippen LogP) is 8.31. The number of benzene rings is 2. The van der Waals surface area contributed by atoms with Gasteiger partial charge in [-0.2, -0.15) is 0 Å². The molecule has 240 valence electrons. The molecule has 0 aliphatic heterocycles. The Balaban J connectivity index is 0.00000588. The van der Waals surface area contributed by atoms with Crippen LogP contribution in [-0.2, 0) is 38.4 Å². The largest absolute Gasteiger partial charge is 0.507 e. The molecule has 0 unspecified atom stereocenters. The van der Waals surface area contributed by atoms with Gasteiger partial charge in [0.1, 0.15) is 11.5 Å². The van der Waals surface area contributed by atoms with Crippen LogP contribution in [0.3, 0.4) is 0 Å². The van der Waals surface area contributed by atoms with Crippen molar-refractivity contribution in [2.24, 2.45) is 9.98 Å². The van der Waals surface area contributed by atoms with E-state index >= 15 is 0 Å². The van der Waals surface area contributed by atoms with Crippen molar-refractivity contribution < 1.29 is 76.5 Å². The van der Waals surface area contributed by atoms with Crippen LogP contribution >= 0.6 is 0 Å². The monoisotopic (exact) mass is 850 g/mol. The van der Waals surface area contributed by atoms with Crippen molar-refractivity contribution in [1.29, 1.82) is 0 Å². The van der Waals surface area contributed by atoms with Crippen molar-refractivity contribution in [3.05, 3.63) is 57.6 Å². The minimum Gasteiger partial charge on any atom is -0.507 e. The van der Waals surface area contributed by atoms with Crippen molar-refractivity contribution in [2.75, 3.05) is 0 Å². The molecule has 0 bridgehead atoms. The van der Waals surface area contributed by atoms with Crippen LogP contribution in [-0.4, -0.2) is 40.2 Å². The fourth-order valence-corrected chi connectivity index (χ4v) is 5.31. The normalized spacial score (nSPS) is 18.2. The fourth-order valence-electron chi connectivity index (χ4n) is 5.31. The summed E-state index contributed by atoms with van der Waals surface area (Å²) in [6.45, 7) is 26.0. The van der Waals surface area contributed by atoms with E-state index in [0.29, 0.717) is 11.5 Å². The molecule has 2 atom stereocenters. The molecule has 4 N–H and O–H groups in total. The summed E-state index contributed by atoms with van der Waals surface area (Å²) in [4.78, 5) is 10.1. The van der Waals surface area contributed by atoms with Crippen molar-refractivity contribution in [3.8, 4) is 11.5 Å². The standard InChI is InChI=1S/C36H54N2O2.Ac.Co.H2O/c1-33(2,3)25-17-23(31(39)27(19-25)35(7,8)9)21-37-29-15-13-14-16-30(29)38-22-24-18-26(34(4,5)6)20-28(32(24)40)36(10,11)12;;;/h17-22,29-30,39-40H,13-16H2,1-12H3;;;1H2/t29-,30-;;;/m0.../s1. The third-order valence-corrected chi connectivity index (χ3v) is 8.13. The third-order valence-electron chi connectivity index (χ3n) is 8.13. The van der Waals surface area contributed by atoms with Gasteiger partial charge in [-0.25, -0.2) is 0 Å². The van der Waals surface area contributed by atoms with Gasteiger partial charge in [0, 0.05) is 95.5 Å². The molecule has 0 spiro atoms. The van der Waals surface area contributed by atoms with Gasteiger partial charge in [-0.05, 0) is 57.8 Å². The molecular weight excluding hydrogens is 794 g/mol. The Morgan fingerprint density at radius 1 is 0.581 bits per heavy atom. The molecule has 1 saturated carbocycles. The molecule has 2 radical (unpaired) electrons. The van der Waals surface area contributed by atoms with E-state index in [2.05, 4.69) is 107 Å². The minimum absolute atomic E-state index is 0. The average molecular weight is 851 g/mol. The molecule has 0 saturated heterocycles. The van der Waals surface area contributed by atoms with E-state index < -0.39 is 0 Å². The Labute approximate surface area is 307 Å². The zero-order chi connectivity index (χ0) is 30.3. The Morgan fingerprint density at radius 2 is 0.884 bits per heavy atom. The topological polar surface area (TPSA) is 96.7 Å². The second-order valence-electron chi connectivity index (χ2n) is 15.9. The molecule has 2 aromatic carbocycles. The Hall–Kier alpha value is -0.712. The van der Waals surface area contributed by atoms with Crippen LogP contribution < -0.4 is 0 Å². The molecule has 7 heteroatoms. The summed E-state index contributed by atoms with van der Waals surface area (Å²) in [5.74, 6) is 0.637. The summed E-state index contributed by atoms with van der Waals surface area (Å²) in [6.07, 6.45) is 7.90. The first-order valence-electron chi connectivity index (χ1n) is 15.0. The van der Waals surface area contributed by atoms with Crippen molar-refractivity contribution in [3.63, 3.8) is 0 Å². The molecule has 1 aliphatic carbocycles. The molecule has 2 aromatic rings. The number of nitrogens with zero attached hydrogens (tertiary/aromatic N) is 2. The van der Waals surface area contributed by atoms with Gasteiger partial charge in [-0.1, -0.05) is 108 Å². The van der Waals surface area contributed by atoms with Crippen molar-refractivity contribution in [1.82, 2.24) is 0 Å². The van der Waals surface area contributed by atoms with E-state index in [-0.39, 0.29) is 100 Å². The summed E-state index contributed by atoms with van der Waals surface area (Å²) in [6, 6.07) is 8.53. The van der Waals surface area contributed by atoms with Crippen LogP contribution in [0.5, 0.6) is 11.5 Å². The number of aromatic hydroxyl groups is 2. The van der Waals surface area contributed by atoms with Gasteiger partial charge >= 0.3 is 0 Å². The summed E-state index contributed by atoms with van der Waals surface area (Å²) in [5.41, 5.74) is 5.39. The number of rotatable bonds is 4. The van der Waals surface area contributed by atoms with Crippen LogP contribution in [0.25, 0.3) is 0 Å². The third kappa shape index (κ3) is 11.0. The zero-order valence-corrected chi connectivity index (χ0v) is 34.4. The van der Waals surface area contributed by atoms with Crippen LogP contribution in [0.4, 0.5) is 0 Å². The van der Waals surface area contributed by atoms with Crippen LogP contribution in [0.2, 0.25) is 0 Å². The van der Waals surface area contributed by atoms with Gasteiger partial charge < -0.3 is 15.7 Å². The van der Waals surface area contributed by atoms with Gasteiger partial charge in [0.25, 0.3) is 0 Å². The van der Waals surface area contributed by atoms with Crippen molar-refractivity contribution in [2.45, 2.75) is 143 Å². The van der Waals surface area contributed by atoms with E-state index in [1.165, 1.54) is 11.1 Å². The molecule has 43 heavy (non-hydrogen) atoms. The zero-order valence-electron chi connectivity index (χ0n) is 28.6. The molecule has 1 aliphatic rings. The van der Waals surface area contributed by atoms with Crippen molar-refractivity contribution >= 4 is 12.4 Å². The maximum atomic E-state index is 11.2. The van der Waals surface area contributed by atoms with Gasteiger partial charge in [0.15, 0.2) is 0 Å². The van der Waals surface area contributed by atoms with Crippen LogP contribution in [0, 0.1) is 44.1 Å². The first-order chi connectivity index (χ1) is 18.2.